The van der Waals surface area contributed by atoms with E-state index < -0.39 is 18.1 Å². The van der Waals surface area contributed by atoms with Crippen molar-refractivity contribution < 1.29 is 23.1 Å². The fourth-order valence-electron chi connectivity index (χ4n) is 2.24. The van der Waals surface area contributed by atoms with Gasteiger partial charge in [0.15, 0.2) is 5.69 Å². The van der Waals surface area contributed by atoms with Crippen LogP contribution >= 0.6 is 11.3 Å². The largest absolute Gasteiger partial charge is 0.476 e. The predicted octanol–water partition coefficient (Wildman–Crippen LogP) is 3.68. The van der Waals surface area contributed by atoms with E-state index in [-0.39, 0.29) is 24.5 Å². The first-order valence-electron chi connectivity index (χ1n) is 5.63. The van der Waals surface area contributed by atoms with E-state index in [9.17, 15) is 18.0 Å². The van der Waals surface area contributed by atoms with Crippen molar-refractivity contribution in [3.63, 3.8) is 0 Å². The number of hydrogen-bond donors (Lipinski definition) is 1. The Morgan fingerprint density at radius 2 is 1.94 bits per heavy atom. The Labute approximate surface area is 106 Å². The standard InChI is InChI=1S/C11H12F3NO2S/c12-11(13,14)7-3-1-6(2-4-7)9-15-8(5-18-9)10(16)17/h5-7H,1-4H2,(H,16,17)/t6-,7-. The van der Waals surface area contributed by atoms with E-state index in [0.717, 1.165) is 0 Å². The topological polar surface area (TPSA) is 50.2 Å². The molecule has 2 rings (SSSR count). The van der Waals surface area contributed by atoms with Crippen molar-refractivity contribution in [3.8, 4) is 0 Å². The Morgan fingerprint density at radius 3 is 2.39 bits per heavy atom. The Morgan fingerprint density at radius 1 is 1.33 bits per heavy atom. The molecule has 0 aromatic carbocycles. The Bertz CT molecular complexity index is 436. The SMILES string of the molecule is O=C(O)c1csc([C@H]2CC[C@H](C(F)(F)F)CC2)n1. The second kappa shape index (κ2) is 4.87. The maximum atomic E-state index is 12.5. The molecule has 1 fully saturated rings. The summed E-state index contributed by atoms with van der Waals surface area (Å²) >= 11 is 1.22. The Hall–Kier alpha value is -1.11. The minimum absolute atomic E-state index is 0.0204. The van der Waals surface area contributed by atoms with Crippen molar-refractivity contribution >= 4 is 17.3 Å². The van der Waals surface area contributed by atoms with Crippen molar-refractivity contribution in [2.75, 3.05) is 0 Å². The van der Waals surface area contributed by atoms with Gasteiger partial charge in [-0.15, -0.1) is 11.3 Å². The molecule has 3 nitrogen and oxygen atoms in total. The fourth-order valence-corrected chi connectivity index (χ4v) is 3.21. The van der Waals surface area contributed by atoms with Gasteiger partial charge in [-0.3, -0.25) is 0 Å². The van der Waals surface area contributed by atoms with Crippen LogP contribution in [0.1, 0.15) is 47.1 Å². The zero-order chi connectivity index (χ0) is 13.3. The molecule has 0 amide bonds. The first kappa shape index (κ1) is 13.3. The number of alkyl halides is 3. The van der Waals surface area contributed by atoms with Gasteiger partial charge in [-0.2, -0.15) is 13.2 Å². The molecule has 0 saturated heterocycles. The number of rotatable bonds is 2. The summed E-state index contributed by atoms with van der Waals surface area (Å²) in [6.07, 6.45) is -3.04. The lowest BCUT2D eigenvalue weighted by atomic mass is 9.82. The molecule has 1 aliphatic rings. The zero-order valence-corrected chi connectivity index (χ0v) is 10.2. The van der Waals surface area contributed by atoms with E-state index in [1.165, 1.54) is 16.7 Å². The van der Waals surface area contributed by atoms with E-state index in [1.807, 2.05) is 0 Å². The van der Waals surface area contributed by atoms with Crippen LogP contribution in [0.25, 0.3) is 0 Å². The number of aromatic nitrogens is 1. The van der Waals surface area contributed by atoms with Crippen LogP contribution in [0, 0.1) is 5.92 Å². The number of carboxylic acid groups (broad SMARTS) is 1. The highest BCUT2D eigenvalue weighted by molar-refractivity contribution is 7.09. The second-order valence-electron chi connectivity index (χ2n) is 4.47. The van der Waals surface area contributed by atoms with Crippen LogP contribution in [-0.4, -0.2) is 22.2 Å². The molecule has 18 heavy (non-hydrogen) atoms. The minimum Gasteiger partial charge on any atom is -0.476 e. The van der Waals surface area contributed by atoms with E-state index in [2.05, 4.69) is 4.98 Å². The highest BCUT2D eigenvalue weighted by atomic mass is 32.1. The van der Waals surface area contributed by atoms with Gasteiger partial charge in [0.1, 0.15) is 0 Å². The second-order valence-corrected chi connectivity index (χ2v) is 5.36. The van der Waals surface area contributed by atoms with E-state index in [4.69, 9.17) is 5.11 Å². The third-order valence-corrected chi connectivity index (χ3v) is 4.29. The average molecular weight is 279 g/mol. The molecule has 1 N–H and O–H groups in total. The summed E-state index contributed by atoms with van der Waals surface area (Å²) in [7, 11) is 0. The lowest BCUT2D eigenvalue weighted by Crippen LogP contribution is -2.27. The number of nitrogens with zero attached hydrogens (tertiary/aromatic N) is 1. The Balaban J connectivity index is 1.99. The highest BCUT2D eigenvalue weighted by Gasteiger charge is 2.41. The number of carbonyl (C=O) groups is 1. The lowest BCUT2D eigenvalue weighted by Gasteiger charge is -2.28. The van der Waals surface area contributed by atoms with Gasteiger partial charge in [-0.25, -0.2) is 9.78 Å². The van der Waals surface area contributed by atoms with Gasteiger partial charge in [0.25, 0.3) is 0 Å². The number of aromatic carboxylic acids is 1. The van der Waals surface area contributed by atoms with Crippen molar-refractivity contribution in [2.24, 2.45) is 5.92 Å². The molecule has 1 saturated carbocycles. The third kappa shape index (κ3) is 2.82. The van der Waals surface area contributed by atoms with Crippen LogP contribution in [0.15, 0.2) is 5.38 Å². The smallest absolute Gasteiger partial charge is 0.391 e. The van der Waals surface area contributed by atoms with Crippen LogP contribution in [0.2, 0.25) is 0 Å². The van der Waals surface area contributed by atoms with Crippen LogP contribution < -0.4 is 0 Å². The zero-order valence-electron chi connectivity index (χ0n) is 9.41. The van der Waals surface area contributed by atoms with E-state index in [1.54, 1.807) is 0 Å². The van der Waals surface area contributed by atoms with Gasteiger partial charge in [0.2, 0.25) is 0 Å². The number of hydrogen-bond acceptors (Lipinski definition) is 3. The Kier molecular flexibility index (Phi) is 3.61. The molecule has 0 spiro atoms. The summed E-state index contributed by atoms with van der Waals surface area (Å²) in [5.74, 6) is -2.34. The minimum atomic E-state index is -4.11. The summed E-state index contributed by atoms with van der Waals surface area (Å²) in [6.45, 7) is 0. The highest BCUT2D eigenvalue weighted by Crippen LogP contribution is 2.43. The van der Waals surface area contributed by atoms with Crippen LogP contribution in [0.4, 0.5) is 13.2 Å². The molecule has 1 aliphatic carbocycles. The van der Waals surface area contributed by atoms with Crippen molar-refractivity contribution in [3.05, 3.63) is 16.1 Å². The summed E-state index contributed by atoms with van der Waals surface area (Å²) in [6, 6.07) is 0. The average Bonchev–Trinajstić information content (AvgIpc) is 2.77. The third-order valence-electron chi connectivity index (χ3n) is 3.28. The van der Waals surface area contributed by atoms with Gasteiger partial charge in [-0.05, 0) is 25.7 Å². The normalized spacial score (nSPS) is 25.1. The molecular formula is C11H12F3NO2S. The van der Waals surface area contributed by atoms with Gasteiger partial charge in [0.05, 0.1) is 10.9 Å². The van der Waals surface area contributed by atoms with Crippen LogP contribution in [0.5, 0.6) is 0 Å². The van der Waals surface area contributed by atoms with E-state index >= 15 is 0 Å². The van der Waals surface area contributed by atoms with Crippen molar-refractivity contribution in [1.82, 2.24) is 4.98 Å². The molecule has 0 radical (unpaired) electrons. The molecule has 0 aliphatic heterocycles. The predicted molar refractivity (Wildman–Crippen MR) is 59.8 cm³/mol. The maximum absolute atomic E-state index is 12.5. The summed E-state index contributed by atoms with van der Waals surface area (Å²) in [5, 5.41) is 10.8. The van der Waals surface area contributed by atoms with Gasteiger partial charge in [0, 0.05) is 11.3 Å². The van der Waals surface area contributed by atoms with Crippen LogP contribution in [-0.2, 0) is 0 Å². The molecule has 7 heteroatoms. The molecule has 1 heterocycles. The number of carboxylic acids is 1. The summed E-state index contributed by atoms with van der Waals surface area (Å²) in [5.41, 5.74) is -0.0204. The molecule has 1 aromatic rings. The van der Waals surface area contributed by atoms with Crippen LogP contribution in [0.3, 0.4) is 0 Å². The number of thiazole rings is 1. The van der Waals surface area contributed by atoms with Gasteiger partial charge >= 0.3 is 12.1 Å². The monoisotopic (exact) mass is 279 g/mol. The molecular weight excluding hydrogens is 267 g/mol. The first-order valence-corrected chi connectivity index (χ1v) is 6.51. The van der Waals surface area contributed by atoms with E-state index in [0.29, 0.717) is 17.8 Å². The van der Waals surface area contributed by atoms with Crippen molar-refractivity contribution in [1.29, 1.82) is 0 Å². The summed E-state index contributed by atoms with van der Waals surface area (Å²) in [4.78, 5) is 14.6. The molecule has 100 valence electrons. The first-order chi connectivity index (χ1) is 8.38. The fraction of sp³-hybridized carbons (Fsp3) is 0.636. The molecule has 0 atom stereocenters. The quantitative estimate of drug-likeness (QED) is 0.898. The lowest BCUT2D eigenvalue weighted by molar-refractivity contribution is -0.182. The maximum Gasteiger partial charge on any atom is 0.391 e. The molecule has 0 unspecified atom stereocenters. The summed E-state index contributed by atoms with van der Waals surface area (Å²) < 4.78 is 37.5. The van der Waals surface area contributed by atoms with Gasteiger partial charge in [-0.1, -0.05) is 0 Å². The number of halogens is 3. The molecule has 0 bridgehead atoms. The van der Waals surface area contributed by atoms with Crippen molar-refractivity contribution in [2.45, 2.75) is 37.8 Å². The van der Waals surface area contributed by atoms with Gasteiger partial charge < -0.3 is 5.11 Å². The molecule has 1 aromatic heterocycles.